The molecule has 0 aliphatic rings. The fourth-order valence-corrected chi connectivity index (χ4v) is 1.69. The summed E-state index contributed by atoms with van der Waals surface area (Å²) >= 11 is 0. The van der Waals surface area contributed by atoms with E-state index in [0.29, 0.717) is 12.3 Å². The van der Waals surface area contributed by atoms with Gasteiger partial charge in [-0.2, -0.15) is 5.10 Å². The van der Waals surface area contributed by atoms with Crippen LogP contribution >= 0.6 is 0 Å². The summed E-state index contributed by atoms with van der Waals surface area (Å²) in [7, 11) is 1.81. The minimum Gasteiger partial charge on any atom is -0.504 e. The van der Waals surface area contributed by atoms with Crippen LogP contribution in [0, 0.1) is 6.92 Å². The first-order valence-corrected chi connectivity index (χ1v) is 5.59. The Morgan fingerprint density at radius 3 is 2.76 bits per heavy atom. The fourth-order valence-electron chi connectivity index (χ4n) is 1.69. The molecule has 0 bridgehead atoms. The van der Waals surface area contributed by atoms with Crippen LogP contribution in [0.4, 0.5) is 0 Å². The van der Waals surface area contributed by atoms with Crippen LogP contribution in [0.5, 0.6) is 11.5 Å². The molecule has 17 heavy (non-hydrogen) atoms. The van der Waals surface area contributed by atoms with Crippen LogP contribution in [0.3, 0.4) is 0 Å². The molecule has 0 aliphatic heterocycles. The van der Waals surface area contributed by atoms with Crippen LogP contribution in [0.15, 0.2) is 24.3 Å². The molecule has 1 aromatic heterocycles. The molecular weight excluding hydrogens is 216 g/mol. The van der Waals surface area contributed by atoms with Gasteiger partial charge in [-0.15, -0.1) is 0 Å². The van der Waals surface area contributed by atoms with Crippen LogP contribution in [0.2, 0.25) is 0 Å². The fraction of sp³-hybridized carbons (Fsp3) is 0.308. The van der Waals surface area contributed by atoms with Crippen molar-refractivity contribution in [3.05, 3.63) is 30.0 Å². The van der Waals surface area contributed by atoms with Crippen molar-refractivity contribution in [1.29, 1.82) is 0 Å². The Bertz CT molecular complexity index is 532. The molecule has 0 spiro atoms. The normalized spacial score (nSPS) is 10.5. The van der Waals surface area contributed by atoms with Gasteiger partial charge >= 0.3 is 0 Å². The summed E-state index contributed by atoms with van der Waals surface area (Å²) < 4.78 is 7.09. The van der Waals surface area contributed by atoms with E-state index in [2.05, 4.69) is 5.10 Å². The zero-order valence-corrected chi connectivity index (χ0v) is 10.3. The molecule has 2 aromatic rings. The van der Waals surface area contributed by atoms with Crippen molar-refractivity contribution in [2.24, 2.45) is 7.05 Å². The number of hydrogen-bond donors (Lipinski definition) is 1. The molecule has 0 fully saturated rings. The van der Waals surface area contributed by atoms with Crippen LogP contribution < -0.4 is 4.74 Å². The highest BCUT2D eigenvalue weighted by molar-refractivity contribution is 5.68. The number of nitrogens with zero attached hydrogens (tertiary/aromatic N) is 2. The SMILES string of the molecule is CCOc1cccc(-c2nn(C)c(C)c2O)c1. The van der Waals surface area contributed by atoms with E-state index in [0.717, 1.165) is 17.0 Å². The first-order valence-electron chi connectivity index (χ1n) is 5.59. The highest BCUT2D eigenvalue weighted by Crippen LogP contribution is 2.32. The van der Waals surface area contributed by atoms with Crippen LogP contribution in [0.1, 0.15) is 12.6 Å². The highest BCUT2D eigenvalue weighted by Gasteiger charge is 2.13. The Hall–Kier alpha value is -1.97. The molecule has 0 amide bonds. The van der Waals surface area contributed by atoms with Crippen LogP contribution in [-0.2, 0) is 7.05 Å². The number of aromatic nitrogens is 2. The summed E-state index contributed by atoms with van der Waals surface area (Å²) in [4.78, 5) is 0. The summed E-state index contributed by atoms with van der Waals surface area (Å²) in [5, 5.41) is 14.3. The van der Waals surface area contributed by atoms with E-state index >= 15 is 0 Å². The van der Waals surface area contributed by atoms with Crippen molar-refractivity contribution in [1.82, 2.24) is 9.78 Å². The lowest BCUT2D eigenvalue weighted by atomic mass is 10.1. The Balaban J connectivity index is 2.45. The van der Waals surface area contributed by atoms with E-state index in [1.165, 1.54) is 0 Å². The second-order valence-corrected chi connectivity index (χ2v) is 3.87. The molecule has 0 aliphatic carbocycles. The van der Waals surface area contributed by atoms with Gasteiger partial charge in [-0.05, 0) is 26.0 Å². The summed E-state index contributed by atoms with van der Waals surface area (Å²) in [5.74, 6) is 1.01. The van der Waals surface area contributed by atoms with Gasteiger partial charge in [0.15, 0.2) is 5.75 Å². The average molecular weight is 232 g/mol. The molecule has 1 heterocycles. The van der Waals surface area contributed by atoms with Gasteiger partial charge in [0.25, 0.3) is 0 Å². The largest absolute Gasteiger partial charge is 0.504 e. The van der Waals surface area contributed by atoms with E-state index in [1.54, 1.807) is 4.68 Å². The second-order valence-electron chi connectivity index (χ2n) is 3.87. The number of rotatable bonds is 3. The topological polar surface area (TPSA) is 47.3 Å². The molecular formula is C13H16N2O2. The van der Waals surface area contributed by atoms with Crippen molar-refractivity contribution < 1.29 is 9.84 Å². The summed E-state index contributed by atoms with van der Waals surface area (Å²) in [6.07, 6.45) is 0. The molecule has 0 saturated carbocycles. The molecule has 1 N–H and O–H groups in total. The Morgan fingerprint density at radius 1 is 1.41 bits per heavy atom. The van der Waals surface area contributed by atoms with Gasteiger partial charge in [0.2, 0.25) is 0 Å². The highest BCUT2D eigenvalue weighted by atomic mass is 16.5. The predicted octanol–water partition coefficient (Wildman–Crippen LogP) is 2.50. The third-order valence-corrected chi connectivity index (χ3v) is 2.72. The van der Waals surface area contributed by atoms with Gasteiger partial charge in [-0.3, -0.25) is 4.68 Å². The molecule has 4 nitrogen and oxygen atoms in total. The third-order valence-electron chi connectivity index (χ3n) is 2.72. The molecule has 0 atom stereocenters. The monoisotopic (exact) mass is 232 g/mol. The van der Waals surface area contributed by atoms with Gasteiger partial charge in [0.1, 0.15) is 11.4 Å². The number of aromatic hydroxyl groups is 1. The van der Waals surface area contributed by atoms with E-state index in [9.17, 15) is 5.11 Å². The number of aryl methyl sites for hydroxylation is 1. The summed E-state index contributed by atoms with van der Waals surface area (Å²) in [6, 6.07) is 7.57. The summed E-state index contributed by atoms with van der Waals surface area (Å²) in [5.41, 5.74) is 2.20. The Kier molecular flexibility index (Phi) is 3.04. The summed E-state index contributed by atoms with van der Waals surface area (Å²) in [6.45, 7) is 4.39. The average Bonchev–Trinajstić information content (AvgIpc) is 2.58. The van der Waals surface area contributed by atoms with Gasteiger partial charge < -0.3 is 9.84 Å². The van der Waals surface area contributed by atoms with Crippen molar-refractivity contribution in [2.75, 3.05) is 6.61 Å². The van der Waals surface area contributed by atoms with E-state index in [1.807, 2.05) is 45.2 Å². The minimum atomic E-state index is 0.223. The predicted molar refractivity (Wildman–Crippen MR) is 66.2 cm³/mol. The molecule has 1 aromatic carbocycles. The minimum absolute atomic E-state index is 0.223. The van der Waals surface area contributed by atoms with Crippen LogP contribution in [0.25, 0.3) is 11.3 Å². The van der Waals surface area contributed by atoms with Crippen molar-refractivity contribution in [2.45, 2.75) is 13.8 Å². The van der Waals surface area contributed by atoms with Gasteiger partial charge in [0, 0.05) is 12.6 Å². The maximum absolute atomic E-state index is 9.97. The molecule has 0 saturated heterocycles. The van der Waals surface area contributed by atoms with Crippen LogP contribution in [-0.4, -0.2) is 21.5 Å². The molecule has 2 rings (SSSR count). The van der Waals surface area contributed by atoms with E-state index in [4.69, 9.17) is 4.74 Å². The zero-order chi connectivity index (χ0) is 12.4. The standard InChI is InChI=1S/C13H16N2O2/c1-4-17-11-7-5-6-10(8-11)12-13(16)9(2)15(3)14-12/h5-8,16H,4H2,1-3H3. The van der Waals surface area contributed by atoms with Gasteiger partial charge in [0.05, 0.1) is 12.3 Å². The van der Waals surface area contributed by atoms with Crippen molar-refractivity contribution in [3.8, 4) is 22.8 Å². The Labute approximate surface area is 100 Å². The maximum atomic E-state index is 9.97. The lowest BCUT2D eigenvalue weighted by Crippen LogP contribution is -1.93. The van der Waals surface area contributed by atoms with Crippen molar-refractivity contribution in [3.63, 3.8) is 0 Å². The van der Waals surface area contributed by atoms with E-state index < -0.39 is 0 Å². The third kappa shape index (κ3) is 2.11. The van der Waals surface area contributed by atoms with Gasteiger partial charge in [-0.25, -0.2) is 0 Å². The van der Waals surface area contributed by atoms with Gasteiger partial charge in [-0.1, -0.05) is 12.1 Å². The number of hydrogen-bond acceptors (Lipinski definition) is 3. The molecule has 90 valence electrons. The smallest absolute Gasteiger partial charge is 0.164 e. The molecule has 0 radical (unpaired) electrons. The Morgan fingerprint density at radius 2 is 2.18 bits per heavy atom. The first kappa shape index (κ1) is 11.5. The molecule has 4 heteroatoms. The lowest BCUT2D eigenvalue weighted by Gasteiger charge is -2.04. The van der Waals surface area contributed by atoms with Crippen molar-refractivity contribution >= 4 is 0 Å². The zero-order valence-electron chi connectivity index (χ0n) is 10.3. The number of ether oxygens (including phenoxy) is 1. The van der Waals surface area contributed by atoms with E-state index in [-0.39, 0.29) is 5.75 Å². The maximum Gasteiger partial charge on any atom is 0.164 e. The second kappa shape index (κ2) is 4.49. The first-order chi connectivity index (χ1) is 8.13. The lowest BCUT2D eigenvalue weighted by molar-refractivity contribution is 0.340. The molecule has 0 unspecified atom stereocenters. The number of benzene rings is 1. The quantitative estimate of drug-likeness (QED) is 0.884.